The number of carbonyl (C=O) groups is 2. The van der Waals surface area contributed by atoms with Gasteiger partial charge in [0.25, 0.3) is 11.7 Å². The van der Waals surface area contributed by atoms with Crippen LogP contribution >= 0.6 is 0 Å². The van der Waals surface area contributed by atoms with Crippen LogP contribution in [-0.4, -0.2) is 63.9 Å². The lowest BCUT2D eigenvalue weighted by molar-refractivity contribution is -0.140. The number of amides is 1. The Hall–Kier alpha value is -3.06. The Morgan fingerprint density at radius 1 is 1.09 bits per heavy atom. The predicted octanol–water partition coefficient (Wildman–Crippen LogP) is 4.63. The molecule has 3 heterocycles. The second-order valence-corrected chi connectivity index (χ2v) is 10.0. The fourth-order valence-electron chi connectivity index (χ4n) is 5.32. The van der Waals surface area contributed by atoms with E-state index < -0.39 is 17.7 Å². The number of aromatic amines is 1. The number of likely N-dealkylation sites (tertiary alicyclic amines) is 2. The van der Waals surface area contributed by atoms with Gasteiger partial charge >= 0.3 is 0 Å². The molecule has 0 saturated carbocycles. The fourth-order valence-corrected chi connectivity index (χ4v) is 5.32. The number of nitrogens with zero attached hydrogens (tertiary/aromatic N) is 2. The van der Waals surface area contributed by atoms with Gasteiger partial charge in [0.05, 0.1) is 17.7 Å². The number of Topliss-reactive ketones (excluding diaryl/α,β-unsaturated/α-hetero) is 1. The van der Waals surface area contributed by atoms with Gasteiger partial charge in [-0.15, -0.1) is 0 Å². The summed E-state index contributed by atoms with van der Waals surface area (Å²) in [7, 11) is 0. The minimum absolute atomic E-state index is 0.0103. The van der Waals surface area contributed by atoms with E-state index in [0.29, 0.717) is 24.4 Å². The molecule has 0 aliphatic carbocycles. The molecular weight excluding hydrogens is 442 g/mol. The molecule has 1 aromatic heterocycles. The Balaban J connectivity index is 1.79. The van der Waals surface area contributed by atoms with E-state index in [2.05, 4.69) is 9.88 Å². The standard InChI is InChI=1S/C28H37N3O4/c1-17(2)35-22-11-9-10-21(16-22)25-24(26(32)23-18(3)19(4)29-20(23)5)27(33)28(34)31(25)15-14-30-12-7-6-8-13-30/h9-11,16-17,25,29,32H,6-8,12-15H2,1-5H3/b26-24+. The molecule has 1 atom stereocenters. The molecule has 1 aromatic carbocycles. The maximum atomic E-state index is 13.4. The average Bonchev–Trinajstić information content (AvgIpc) is 3.23. The van der Waals surface area contributed by atoms with E-state index in [1.54, 1.807) is 4.90 Å². The van der Waals surface area contributed by atoms with E-state index in [-0.39, 0.29) is 17.4 Å². The van der Waals surface area contributed by atoms with Crippen molar-refractivity contribution in [2.75, 3.05) is 26.2 Å². The van der Waals surface area contributed by atoms with E-state index in [9.17, 15) is 14.7 Å². The van der Waals surface area contributed by atoms with E-state index in [0.717, 1.165) is 48.4 Å². The Kier molecular flexibility index (Phi) is 7.36. The summed E-state index contributed by atoms with van der Waals surface area (Å²) in [6, 6.07) is 6.83. The number of aromatic nitrogens is 1. The molecule has 2 aromatic rings. The monoisotopic (exact) mass is 479 g/mol. The van der Waals surface area contributed by atoms with Gasteiger partial charge in [-0.1, -0.05) is 18.6 Å². The number of H-pyrrole nitrogens is 1. The Labute approximate surface area is 207 Å². The van der Waals surface area contributed by atoms with Gasteiger partial charge in [0, 0.05) is 30.0 Å². The van der Waals surface area contributed by atoms with Gasteiger partial charge in [-0.2, -0.15) is 0 Å². The molecule has 1 amide bonds. The maximum absolute atomic E-state index is 13.4. The number of aryl methyl sites for hydroxylation is 2. The number of piperidine rings is 1. The van der Waals surface area contributed by atoms with Gasteiger partial charge in [0.15, 0.2) is 0 Å². The van der Waals surface area contributed by atoms with Crippen LogP contribution in [0.5, 0.6) is 5.75 Å². The summed E-state index contributed by atoms with van der Waals surface area (Å²) in [5.41, 5.74) is 4.05. The summed E-state index contributed by atoms with van der Waals surface area (Å²) in [6.07, 6.45) is 3.53. The molecule has 35 heavy (non-hydrogen) atoms. The van der Waals surface area contributed by atoms with E-state index in [4.69, 9.17) is 4.74 Å². The molecule has 2 aliphatic heterocycles. The third kappa shape index (κ3) is 5.01. The van der Waals surface area contributed by atoms with Gasteiger partial charge < -0.3 is 24.6 Å². The highest BCUT2D eigenvalue weighted by Gasteiger charge is 2.46. The van der Waals surface area contributed by atoms with E-state index in [1.807, 2.05) is 58.9 Å². The lowest BCUT2D eigenvalue weighted by atomic mass is 9.94. The molecule has 0 bridgehead atoms. The quantitative estimate of drug-likeness (QED) is 0.343. The van der Waals surface area contributed by atoms with Crippen LogP contribution in [0.25, 0.3) is 5.76 Å². The van der Waals surface area contributed by atoms with Crippen LogP contribution in [0.1, 0.15) is 67.2 Å². The van der Waals surface area contributed by atoms with Gasteiger partial charge in [0.2, 0.25) is 0 Å². The summed E-state index contributed by atoms with van der Waals surface area (Å²) in [5, 5.41) is 11.5. The van der Waals surface area contributed by atoms with Crippen molar-refractivity contribution in [3.8, 4) is 5.75 Å². The molecule has 2 fully saturated rings. The van der Waals surface area contributed by atoms with Crippen LogP contribution in [0.2, 0.25) is 0 Å². The fraction of sp³-hybridized carbons (Fsp3) is 0.500. The van der Waals surface area contributed by atoms with Gasteiger partial charge in [-0.05, 0) is 83.8 Å². The highest BCUT2D eigenvalue weighted by Crippen LogP contribution is 2.41. The van der Waals surface area contributed by atoms with Gasteiger partial charge in [-0.3, -0.25) is 9.59 Å². The molecule has 1 unspecified atom stereocenters. The first-order valence-corrected chi connectivity index (χ1v) is 12.6. The smallest absolute Gasteiger partial charge is 0.295 e. The summed E-state index contributed by atoms with van der Waals surface area (Å²) in [6.45, 7) is 12.8. The zero-order valence-electron chi connectivity index (χ0n) is 21.5. The van der Waals surface area contributed by atoms with Crippen LogP contribution in [0.15, 0.2) is 29.8 Å². The number of aliphatic hydroxyl groups excluding tert-OH is 1. The molecule has 188 valence electrons. The number of ether oxygens (including phenoxy) is 1. The van der Waals surface area contributed by atoms with Crippen LogP contribution in [0, 0.1) is 20.8 Å². The lowest BCUT2D eigenvalue weighted by Gasteiger charge is -2.31. The molecule has 0 spiro atoms. The number of rotatable bonds is 7. The largest absolute Gasteiger partial charge is 0.507 e. The first-order chi connectivity index (χ1) is 16.7. The second-order valence-electron chi connectivity index (χ2n) is 10.0. The zero-order chi connectivity index (χ0) is 25.3. The normalized spacial score (nSPS) is 20.7. The maximum Gasteiger partial charge on any atom is 0.295 e. The number of nitrogens with one attached hydrogen (secondary N) is 1. The first-order valence-electron chi connectivity index (χ1n) is 12.6. The first kappa shape index (κ1) is 25.0. The number of carbonyl (C=O) groups excluding carboxylic acids is 2. The van der Waals surface area contributed by atoms with Crippen molar-refractivity contribution in [1.82, 2.24) is 14.8 Å². The molecule has 4 rings (SSSR count). The summed E-state index contributed by atoms with van der Waals surface area (Å²) in [4.78, 5) is 33.9. The molecular formula is C28H37N3O4. The number of hydrogen-bond donors (Lipinski definition) is 2. The molecule has 7 nitrogen and oxygen atoms in total. The third-order valence-corrected chi connectivity index (χ3v) is 7.12. The molecule has 7 heteroatoms. The van der Waals surface area contributed by atoms with Crippen molar-refractivity contribution in [3.63, 3.8) is 0 Å². The number of benzene rings is 1. The second kappa shape index (κ2) is 10.3. The molecule has 2 N–H and O–H groups in total. The van der Waals surface area contributed by atoms with Gasteiger partial charge in [0.1, 0.15) is 11.5 Å². The highest BCUT2D eigenvalue weighted by molar-refractivity contribution is 6.46. The summed E-state index contributed by atoms with van der Waals surface area (Å²) < 4.78 is 5.90. The average molecular weight is 480 g/mol. The highest BCUT2D eigenvalue weighted by atomic mass is 16.5. The number of hydrogen-bond acceptors (Lipinski definition) is 5. The molecule has 2 saturated heterocycles. The number of ketones is 1. The molecule has 0 radical (unpaired) electrons. The SMILES string of the molecule is Cc1[nH]c(C)c(/C(O)=C2\C(=O)C(=O)N(CCN3CCCCC3)C2c2cccc(OC(C)C)c2)c1C. The van der Waals surface area contributed by atoms with Gasteiger partial charge in [-0.25, -0.2) is 0 Å². The van der Waals surface area contributed by atoms with Crippen molar-refractivity contribution in [1.29, 1.82) is 0 Å². The topological polar surface area (TPSA) is 85.9 Å². The van der Waals surface area contributed by atoms with Crippen molar-refractivity contribution in [2.24, 2.45) is 0 Å². The van der Waals surface area contributed by atoms with E-state index >= 15 is 0 Å². The lowest BCUT2D eigenvalue weighted by Crippen LogP contribution is -2.40. The third-order valence-electron chi connectivity index (χ3n) is 7.12. The molecule has 2 aliphatic rings. The van der Waals surface area contributed by atoms with Crippen LogP contribution in [-0.2, 0) is 9.59 Å². The van der Waals surface area contributed by atoms with Crippen molar-refractivity contribution in [3.05, 3.63) is 57.9 Å². The zero-order valence-corrected chi connectivity index (χ0v) is 21.5. The van der Waals surface area contributed by atoms with Crippen molar-refractivity contribution >= 4 is 17.4 Å². The minimum Gasteiger partial charge on any atom is -0.507 e. The van der Waals surface area contributed by atoms with E-state index in [1.165, 1.54) is 6.42 Å². The van der Waals surface area contributed by atoms with Crippen LogP contribution < -0.4 is 4.74 Å². The van der Waals surface area contributed by atoms with Crippen LogP contribution in [0.4, 0.5) is 0 Å². The Morgan fingerprint density at radius 2 is 1.80 bits per heavy atom. The van der Waals surface area contributed by atoms with Crippen LogP contribution in [0.3, 0.4) is 0 Å². The summed E-state index contributed by atoms with van der Waals surface area (Å²) in [5.74, 6) is -0.655. The Bertz CT molecular complexity index is 1140. The predicted molar refractivity (Wildman–Crippen MR) is 137 cm³/mol. The Morgan fingerprint density at radius 3 is 2.43 bits per heavy atom. The minimum atomic E-state index is -0.676. The summed E-state index contributed by atoms with van der Waals surface area (Å²) >= 11 is 0. The van der Waals surface area contributed by atoms with Crippen molar-refractivity contribution < 1.29 is 19.4 Å². The van der Waals surface area contributed by atoms with Crippen molar-refractivity contribution in [2.45, 2.75) is 66.0 Å². The number of aliphatic hydroxyl groups is 1.